The molecule has 0 saturated carbocycles. The molecular formula is C19H20FNO4. The quantitative estimate of drug-likeness (QED) is 0.809. The normalized spacial score (nSPS) is 12.9. The van der Waals surface area contributed by atoms with Crippen LogP contribution in [0.3, 0.4) is 0 Å². The molecule has 25 heavy (non-hydrogen) atoms. The standard InChI is InChI=1S/C19H20FNO4/c1-3-19(18(23)24,14-7-5-4-6-8-14)21-17(22)12-13-9-10-16(25-2)15(20)11-13/h4-11H,3,12H2,1-2H3,(H,21,22)(H,23,24). The van der Waals surface area contributed by atoms with Gasteiger partial charge >= 0.3 is 5.97 Å². The maximum atomic E-state index is 13.7. The first-order chi connectivity index (χ1) is 11.9. The molecule has 2 aromatic carbocycles. The fourth-order valence-electron chi connectivity index (χ4n) is 2.70. The van der Waals surface area contributed by atoms with Gasteiger partial charge in [0.1, 0.15) is 0 Å². The summed E-state index contributed by atoms with van der Waals surface area (Å²) in [5.41, 5.74) is -0.609. The van der Waals surface area contributed by atoms with Crippen LogP contribution in [0.1, 0.15) is 24.5 Å². The number of carbonyl (C=O) groups excluding carboxylic acids is 1. The molecule has 0 aromatic heterocycles. The summed E-state index contributed by atoms with van der Waals surface area (Å²) in [4.78, 5) is 24.3. The number of methoxy groups -OCH3 is 1. The average Bonchev–Trinajstić information content (AvgIpc) is 2.60. The van der Waals surface area contributed by atoms with Gasteiger partial charge in [-0.05, 0) is 29.7 Å². The largest absolute Gasteiger partial charge is 0.494 e. The topological polar surface area (TPSA) is 75.6 Å². The molecule has 2 N–H and O–H groups in total. The van der Waals surface area contributed by atoms with Crippen molar-refractivity contribution in [3.05, 3.63) is 65.5 Å². The molecule has 0 aliphatic carbocycles. The minimum Gasteiger partial charge on any atom is -0.494 e. The van der Waals surface area contributed by atoms with Crippen LogP contribution in [-0.4, -0.2) is 24.1 Å². The lowest BCUT2D eigenvalue weighted by Gasteiger charge is -2.30. The highest BCUT2D eigenvalue weighted by atomic mass is 19.1. The van der Waals surface area contributed by atoms with E-state index >= 15 is 0 Å². The third-order valence-corrected chi connectivity index (χ3v) is 4.10. The van der Waals surface area contributed by atoms with E-state index in [1.54, 1.807) is 43.3 Å². The summed E-state index contributed by atoms with van der Waals surface area (Å²) in [6, 6.07) is 12.7. The third kappa shape index (κ3) is 3.96. The highest BCUT2D eigenvalue weighted by Crippen LogP contribution is 2.26. The van der Waals surface area contributed by atoms with Gasteiger partial charge in [-0.3, -0.25) is 4.79 Å². The van der Waals surface area contributed by atoms with Gasteiger partial charge in [0, 0.05) is 0 Å². The molecule has 0 radical (unpaired) electrons. The van der Waals surface area contributed by atoms with Crippen molar-refractivity contribution in [1.29, 1.82) is 0 Å². The van der Waals surface area contributed by atoms with Gasteiger partial charge in [0.25, 0.3) is 0 Å². The number of carboxylic acids is 1. The lowest BCUT2D eigenvalue weighted by Crippen LogP contribution is -2.52. The van der Waals surface area contributed by atoms with Crippen molar-refractivity contribution in [1.82, 2.24) is 5.32 Å². The lowest BCUT2D eigenvalue weighted by molar-refractivity contribution is -0.148. The van der Waals surface area contributed by atoms with Gasteiger partial charge in [0.05, 0.1) is 13.5 Å². The van der Waals surface area contributed by atoms with Gasteiger partial charge in [-0.1, -0.05) is 43.3 Å². The van der Waals surface area contributed by atoms with E-state index in [-0.39, 0.29) is 18.6 Å². The molecule has 6 heteroatoms. The maximum Gasteiger partial charge on any atom is 0.334 e. The molecular weight excluding hydrogens is 325 g/mol. The molecule has 1 atom stereocenters. The molecule has 0 heterocycles. The molecule has 0 bridgehead atoms. The van der Waals surface area contributed by atoms with Gasteiger partial charge in [0.2, 0.25) is 5.91 Å². The van der Waals surface area contributed by atoms with Crippen LogP contribution in [0.5, 0.6) is 5.75 Å². The van der Waals surface area contributed by atoms with E-state index in [2.05, 4.69) is 5.32 Å². The Morgan fingerprint density at radius 1 is 1.20 bits per heavy atom. The monoisotopic (exact) mass is 345 g/mol. The number of aliphatic carboxylic acids is 1. The zero-order chi connectivity index (χ0) is 18.4. The highest BCUT2D eigenvalue weighted by molar-refractivity contribution is 5.89. The fourth-order valence-corrected chi connectivity index (χ4v) is 2.70. The minimum absolute atomic E-state index is 0.0851. The molecule has 1 amide bonds. The van der Waals surface area contributed by atoms with E-state index in [1.807, 2.05) is 0 Å². The van der Waals surface area contributed by atoms with Crippen LogP contribution in [0.15, 0.2) is 48.5 Å². The number of ether oxygens (including phenoxy) is 1. The SMILES string of the molecule is CCC(NC(=O)Cc1ccc(OC)c(F)c1)(C(=O)O)c1ccccc1. The first-order valence-corrected chi connectivity index (χ1v) is 7.85. The van der Waals surface area contributed by atoms with Gasteiger partial charge in [-0.2, -0.15) is 0 Å². The number of carbonyl (C=O) groups is 2. The number of benzene rings is 2. The van der Waals surface area contributed by atoms with Crippen LogP contribution in [0.25, 0.3) is 0 Å². The first-order valence-electron chi connectivity index (χ1n) is 7.85. The van der Waals surface area contributed by atoms with E-state index in [1.165, 1.54) is 19.2 Å². The summed E-state index contributed by atoms with van der Waals surface area (Å²) >= 11 is 0. The zero-order valence-electron chi connectivity index (χ0n) is 14.1. The second kappa shape index (κ2) is 7.79. The van der Waals surface area contributed by atoms with E-state index in [0.29, 0.717) is 11.1 Å². The molecule has 1 unspecified atom stereocenters. The van der Waals surface area contributed by atoms with E-state index < -0.39 is 23.2 Å². The van der Waals surface area contributed by atoms with Gasteiger partial charge < -0.3 is 15.2 Å². The van der Waals surface area contributed by atoms with Crippen molar-refractivity contribution in [3.8, 4) is 5.75 Å². The predicted octanol–water partition coefficient (Wildman–Crippen LogP) is 2.88. The van der Waals surface area contributed by atoms with Crippen molar-refractivity contribution < 1.29 is 23.8 Å². The summed E-state index contributed by atoms with van der Waals surface area (Å²) in [6.07, 6.45) is 0.0395. The van der Waals surface area contributed by atoms with Crippen molar-refractivity contribution in [2.24, 2.45) is 0 Å². The molecule has 132 valence electrons. The van der Waals surface area contributed by atoms with Crippen LogP contribution >= 0.6 is 0 Å². The Kier molecular flexibility index (Phi) is 5.75. The van der Waals surface area contributed by atoms with Crippen LogP contribution in [0.2, 0.25) is 0 Å². The van der Waals surface area contributed by atoms with E-state index in [9.17, 15) is 19.1 Å². The third-order valence-electron chi connectivity index (χ3n) is 4.10. The summed E-state index contributed by atoms with van der Waals surface area (Å²) in [5.74, 6) is -2.13. The van der Waals surface area contributed by atoms with Gasteiger partial charge in [-0.15, -0.1) is 0 Å². The molecule has 0 spiro atoms. The Bertz CT molecular complexity index is 763. The average molecular weight is 345 g/mol. The second-order valence-electron chi connectivity index (χ2n) is 5.62. The molecule has 0 aliphatic rings. The van der Waals surface area contributed by atoms with E-state index in [4.69, 9.17) is 4.74 Å². The second-order valence-corrected chi connectivity index (χ2v) is 5.62. The van der Waals surface area contributed by atoms with Crippen LogP contribution in [-0.2, 0) is 21.5 Å². The van der Waals surface area contributed by atoms with Crippen LogP contribution in [0.4, 0.5) is 4.39 Å². The molecule has 0 aliphatic heterocycles. The van der Waals surface area contributed by atoms with Crippen molar-refractivity contribution >= 4 is 11.9 Å². The summed E-state index contributed by atoms with van der Waals surface area (Å²) in [5, 5.41) is 12.3. The number of carboxylic acid groups (broad SMARTS) is 1. The lowest BCUT2D eigenvalue weighted by atomic mass is 9.87. The zero-order valence-corrected chi connectivity index (χ0v) is 14.1. The number of hydrogen-bond donors (Lipinski definition) is 2. The predicted molar refractivity (Wildman–Crippen MR) is 90.8 cm³/mol. The number of rotatable bonds is 7. The Hall–Kier alpha value is -2.89. The summed E-state index contributed by atoms with van der Waals surface area (Å²) < 4.78 is 18.6. The molecule has 5 nitrogen and oxygen atoms in total. The number of nitrogens with one attached hydrogen (secondary N) is 1. The molecule has 0 saturated heterocycles. The van der Waals surface area contributed by atoms with Crippen molar-refractivity contribution in [2.45, 2.75) is 25.3 Å². The maximum absolute atomic E-state index is 13.7. The fraction of sp³-hybridized carbons (Fsp3) is 0.263. The molecule has 2 rings (SSSR count). The summed E-state index contributed by atoms with van der Waals surface area (Å²) in [6.45, 7) is 1.69. The van der Waals surface area contributed by atoms with Crippen LogP contribution in [0, 0.1) is 5.82 Å². The van der Waals surface area contributed by atoms with Gasteiger partial charge in [-0.25, -0.2) is 9.18 Å². The Morgan fingerprint density at radius 3 is 2.40 bits per heavy atom. The Morgan fingerprint density at radius 2 is 1.88 bits per heavy atom. The first kappa shape index (κ1) is 18.4. The smallest absolute Gasteiger partial charge is 0.334 e. The van der Waals surface area contributed by atoms with Crippen molar-refractivity contribution in [2.75, 3.05) is 7.11 Å². The minimum atomic E-state index is -1.52. The van der Waals surface area contributed by atoms with Gasteiger partial charge in [0.15, 0.2) is 17.1 Å². The number of amides is 1. The molecule has 2 aromatic rings. The Balaban J connectivity index is 2.23. The summed E-state index contributed by atoms with van der Waals surface area (Å²) in [7, 11) is 1.35. The number of halogens is 1. The number of hydrogen-bond acceptors (Lipinski definition) is 3. The Labute approximate surface area is 145 Å². The van der Waals surface area contributed by atoms with E-state index in [0.717, 1.165) is 0 Å². The molecule has 0 fully saturated rings. The van der Waals surface area contributed by atoms with Crippen LogP contribution < -0.4 is 10.1 Å². The van der Waals surface area contributed by atoms with Crippen molar-refractivity contribution in [3.63, 3.8) is 0 Å². The highest BCUT2D eigenvalue weighted by Gasteiger charge is 2.40.